The van der Waals surface area contributed by atoms with Crippen molar-refractivity contribution in [3.05, 3.63) is 0 Å². The van der Waals surface area contributed by atoms with Gasteiger partial charge < -0.3 is 28.7 Å². The topological polar surface area (TPSA) is 77.5 Å². The number of carbonyl (C=O) groups is 2. The van der Waals surface area contributed by atoms with Crippen molar-refractivity contribution in [2.75, 3.05) is 78.9 Å². The van der Waals surface area contributed by atoms with E-state index in [1.807, 2.05) is 0 Å². The van der Waals surface area contributed by atoms with E-state index in [-0.39, 0.29) is 11.9 Å². The van der Waals surface area contributed by atoms with Gasteiger partial charge in [0, 0.05) is 52.6 Å². The minimum absolute atomic E-state index is 0.132. The highest BCUT2D eigenvalue weighted by molar-refractivity contribution is 5.70. The number of hydrogen-bond donors (Lipinski definition) is 0. The lowest BCUT2D eigenvalue weighted by Crippen LogP contribution is -2.36. The van der Waals surface area contributed by atoms with Gasteiger partial charge in [-0.15, -0.1) is 0 Å². The Bertz CT molecular complexity index is 711. The lowest BCUT2D eigenvalue weighted by molar-refractivity contribution is -0.144. The summed E-state index contributed by atoms with van der Waals surface area (Å²) in [5, 5.41) is 0. The number of esters is 2. The Kier molecular flexibility index (Phi) is 37.0. The van der Waals surface area contributed by atoms with E-state index in [0.717, 1.165) is 104 Å². The molecule has 1 rings (SSSR count). The van der Waals surface area contributed by atoms with Gasteiger partial charge in [0.1, 0.15) is 0 Å². The molecule has 52 heavy (non-hydrogen) atoms. The molecule has 0 unspecified atom stereocenters. The molecule has 0 saturated carbocycles. The molecule has 0 amide bonds. The maximum atomic E-state index is 12.5. The molecule has 8 nitrogen and oxygen atoms in total. The Labute approximate surface area is 322 Å². The summed E-state index contributed by atoms with van der Waals surface area (Å²) in [4.78, 5) is 29.7. The van der Waals surface area contributed by atoms with Crippen molar-refractivity contribution in [1.29, 1.82) is 0 Å². The van der Waals surface area contributed by atoms with Crippen molar-refractivity contribution < 1.29 is 28.5 Å². The maximum absolute atomic E-state index is 12.5. The second kappa shape index (κ2) is 39.5. The van der Waals surface area contributed by atoms with Crippen LogP contribution in [0, 0.1) is 0 Å². The minimum atomic E-state index is -0.132. The van der Waals surface area contributed by atoms with Crippen LogP contribution in [-0.2, 0) is 28.5 Å². The molecular formula is C44H86N2O6. The summed E-state index contributed by atoms with van der Waals surface area (Å²) in [7, 11) is 0. The van der Waals surface area contributed by atoms with Gasteiger partial charge in [-0.3, -0.25) is 9.59 Å². The molecule has 1 aliphatic rings. The van der Waals surface area contributed by atoms with E-state index in [2.05, 4.69) is 23.6 Å². The number of rotatable bonds is 41. The second-order valence-electron chi connectivity index (χ2n) is 15.3. The summed E-state index contributed by atoms with van der Waals surface area (Å²) in [6.45, 7) is 14.5. The zero-order chi connectivity index (χ0) is 37.4. The van der Waals surface area contributed by atoms with Crippen LogP contribution >= 0.6 is 0 Å². The fraction of sp³-hybridized carbons (Fsp3) is 0.955. The van der Waals surface area contributed by atoms with Crippen LogP contribution in [0.5, 0.6) is 0 Å². The second-order valence-corrected chi connectivity index (χ2v) is 15.3. The van der Waals surface area contributed by atoms with E-state index in [4.69, 9.17) is 18.9 Å². The third-order valence-electron chi connectivity index (χ3n) is 10.4. The van der Waals surface area contributed by atoms with E-state index in [1.54, 1.807) is 0 Å². The fourth-order valence-corrected chi connectivity index (χ4v) is 6.84. The predicted octanol–water partition coefficient (Wildman–Crippen LogP) is 10.7. The van der Waals surface area contributed by atoms with Gasteiger partial charge in [0.05, 0.1) is 26.1 Å². The highest BCUT2D eigenvalue weighted by Gasteiger charge is 2.16. The molecule has 1 saturated heterocycles. The summed E-state index contributed by atoms with van der Waals surface area (Å²) in [6, 6.07) is 0. The predicted molar refractivity (Wildman–Crippen MR) is 217 cm³/mol. The van der Waals surface area contributed by atoms with Crippen LogP contribution in [0.1, 0.15) is 194 Å². The van der Waals surface area contributed by atoms with Crippen molar-refractivity contribution in [3.8, 4) is 0 Å². The van der Waals surface area contributed by atoms with Crippen molar-refractivity contribution in [1.82, 2.24) is 9.80 Å². The lowest BCUT2D eigenvalue weighted by Gasteiger charge is -2.24. The van der Waals surface area contributed by atoms with Gasteiger partial charge in [0.15, 0.2) is 0 Å². The first-order valence-electron chi connectivity index (χ1n) is 22.6. The number of unbranched alkanes of at least 4 members (excludes halogenated alkanes) is 20. The van der Waals surface area contributed by atoms with E-state index in [9.17, 15) is 9.59 Å². The molecule has 0 spiro atoms. The Morgan fingerprint density at radius 3 is 1.13 bits per heavy atom. The minimum Gasteiger partial charge on any atom is -0.466 e. The van der Waals surface area contributed by atoms with Crippen LogP contribution < -0.4 is 0 Å². The molecule has 0 atom stereocenters. The lowest BCUT2D eigenvalue weighted by atomic mass is 10.1. The average Bonchev–Trinajstić information content (AvgIpc) is 3.68. The zero-order valence-corrected chi connectivity index (χ0v) is 34.6. The third kappa shape index (κ3) is 34.5. The molecule has 1 heterocycles. The van der Waals surface area contributed by atoms with Gasteiger partial charge in [-0.2, -0.15) is 0 Å². The Balaban J connectivity index is 2.03. The monoisotopic (exact) mass is 739 g/mol. The van der Waals surface area contributed by atoms with Gasteiger partial charge in [0.25, 0.3) is 0 Å². The van der Waals surface area contributed by atoms with Crippen LogP contribution in [0.4, 0.5) is 0 Å². The SMILES string of the molecule is CCCCCCCCCOCCCCCCCOC(=O)CCN(CCC(=O)OCCCCCCCOCCCCCCCCC)CCN1CCCC1. The molecule has 0 N–H and O–H groups in total. The van der Waals surface area contributed by atoms with Gasteiger partial charge in [0.2, 0.25) is 0 Å². The van der Waals surface area contributed by atoms with Gasteiger partial charge in [-0.1, -0.05) is 129 Å². The summed E-state index contributed by atoms with van der Waals surface area (Å²) in [6.07, 6.45) is 32.7. The molecule has 1 fully saturated rings. The van der Waals surface area contributed by atoms with Crippen LogP contribution in [0.15, 0.2) is 0 Å². The van der Waals surface area contributed by atoms with E-state index < -0.39 is 0 Å². The first-order valence-corrected chi connectivity index (χ1v) is 22.6. The molecule has 1 aliphatic heterocycles. The molecule has 0 aromatic rings. The number of nitrogens with zero attached hydrogens (tertiary/aromatic N) is 2. The summed E-state index contributed by atoms with van der Waals surface area (Å²) in [5.74, 6) is -0.264. The number of hydrogen-bond acceptors (Lipinski definition) is 8. The molecule has 0 aromatic carbocycles. The molecular weight excluding hydrogens is 652 g/mol. The third-order valence-corrected chi connectivity index (χ3v) is 10.4. The van der Waals surface area contributed by atoms with Crippen molar-refractivity contribution in [2.45, 2.75) is 194 Å². The van der Waals surface area contributed by atoms with E-state index in [1.165, 1.54) is 116 Å². The Hall–Kier alpha value is -1.22. The molecule has 8 heteroatoms. The first kappa shape index (κ1) is 48.8. The van der Waals surface area contributed by atoms with Gasteiger partial charge >= 0.3 is 11.9 Å². The largest absolute Gasteiger partial charge is 0.466 e. The Morgan fingerprint density at radius 1 is 0.442 bits per heavy atom. The molecule has 0 bridgehead atoms. The zero-order valence-electron chi connectivity index (χ0n) is 34.6. The number of likely N-dealkylation sites (tertiary alicyclic amines) is 1. The van der Waals surface area contributed by atoms with Crippen molar-refractivity contribution in [2.24, 2.45) is 0 Å². The fourth-order valence-electron chi connectivity index (χ4n) is 6.84. The maximum Gasteiger partial charge on any atom is 0.307 e. The molecule has 0 aromatic heterocycles. The summed E-state index contributed by atoms with van der Waals surface area (Å²) in [5.41, 5.74) is 0. The highest BCUT2D eigenvalue weighted by Crippen LogP contribution is 2.11. The summed E-state index contributed by atoms with van der Waals surface area (Å²) >= 11 is 0. The van der Waals surface area contributed by atoms with E-state index in [0.29, 0.717) is 39.1 Å². The number of ether oxygens (including phenoxy) is 4. The highest BCUT2D eigenvalue weighted by atomic mass is 16.5. The molecule has 0 radical (unpaired) electrons. The van der Waals surface area contributed by atoms with Gasteiger partial charge in [-0.25, -0.2) is 0 Å². The first-order chi connectivity index (χ1) is 25.7. The van der Waals surface area contributed by atoms with Gasteiger partial charge in [-0.05, 0) is 64.5 Å². The molecule has 0 aliphatic carbocycles. The molecule has 308 valence electrons. The van der Waals surface area contributed by atoms with Crippen LogP contribution in [-0.4, -0.2) is 101 Å². The van der Waals surface area contributed by atoms with E-state index >= 15 is 0 Å². The van der Waals surface area contributed by atoms with Crippen LogP contribution in [0.25, 0.3) is 0 Å². The normalized spacial score (nSPS) is 13.4. The average molecular weight is 739 g/mol. The van der Waals surface area contributed by atoms with Crippen molar-refractivity contribution in [3.63, 3.8) is 0 Å². The quantitative estimate of drug-likeness (QED) is 0.0453. The smallest absolute Gasteiger partial charge is 0.307 e. The van der Waals surface area contributed by atoms with Crippen LogP contribution in [0.3, 0.4) is 0 Å². The standard InChI is InChI=1S/C44H86N2O6/c1-3-5-7-9-11-15-23-37-49-39-25-17-13-19-27-41-51-43(47)29-33-46(36-35-45-31-21-22-32-45)34-30-44(48)52-42-28-20-14-18-26-40-50-38-24-16-12-10-8-6-4-2/h3-42H2,1-2H3. The Morgan fingerprint density at radius 2 is 0.769 bits per heavy atom. The van der Waals surface area contributed by atoms with Crippen LogP contribution in [0.2, 0.25) is 0 Å². The van der Waals surface area contributed by atoms with Crippen molar-refractivity contribution >= 4 is 11.9 Å². The summed E-state index contributed by atoms with van der Waals surface area (Å²) < 4.78 is 22.7. The number of carbonyl (C=O) groups excluding carboxylic acids is 2.